The van der Waals surface area contributed by atoms with Crippen LogP contribution in [-0.2, 0) is 16.3 Å². The molecule has 2 aromatic carbocycles. The van der Waals surface area contributed by atoms with Crippen molar-refractivity contribution in [3.63, 3.8) is 0 Å². The van der Waals surface area contributed by atoms with Crippen LogP contribution in [0.25, 0.3) is 10.9 Å². The summed E-state index contributed by atoms with van der Waals surface area (Å²) in [5.41, 5.74) is 2.35. The molecule has 0 aliphatic heterocycles. The number of hydrogen-bond acceptors (Lipinski definition) is 3. The Hall–Kier alpha value is -2.07. The van der Waals surface area contributed by atoms with Gasteiger partial charge in [0, 0.05) is 36.2 Å². The van der Waals surface area contributed by atoms with E-state index in [0.717, 1.165) is 11.9 Å². The van der Waals surface area contributed by atoms with Crippen molar-refractivity contribution < 1.29 is 8.42 Å². The predicted molar refractivity (Wildman–Crippen MR) is 139 cm³/mol. The van der Waals surface area contributed by atoms with Crippen LogP contribution in [0.1, 0.15) is 25.8 Å². The Bertz CT molecular complexity index is 1080. The van der Waals surface area contributed by atoms with Crippen LogP contribution in [0.2, 0.25) is 0 Å². The third-order valence-corrected chi connectivity index (χ3v) is 6.86. The fourth-order valence-corrected chi connectivity index (χ4v) is 5.00. The number of para-hydroxylation sites is 1. The molecule has 0 aliphatic rings. The number of hydrogen-bond donors (Lipinski definition) is 3. The summed E-state index contributed by atoms with van der Waals surface area (Å²) in [4.78, 5) is 8.31. The average Bonchev–Trinajstić information content (AvgIpc) is 3.17. The fraction of sp³-hybridized carbons (Fsp3) is 0.348. The molecule has 1 aromatic heterocycles. The van der Waals surface area contributed by atoms with Gasteiger partial charge in [-0.05, 0) is 43.5 Å². The van der Waals surface area contributed by atoms with Gasteiger partial charge >= 0.3 is 0 Å². The van der Waals surface area contributed by atoms with Gasteiger partial charge in [0.1, 0.15) is 0 Å². The van der Waals surface area contributed by atoms with Crippen molar-refractivity contribution in [3.8, 4) is 0 Å². The minimum absolute atomic E-state index is 0. The molecule has 1 atom stereocenters. The molecule has 0 fully saturated rings. The van der Waals surface area contributed by atoms with Crippen LogP contribution >= 0.6 is 24.0 Å². The molecule has 1 unspecified atom stereocenters. The molecule has 0 bridgehead atoms. The third-order valence-electron chi connectivity index (χ3n) is 5.03. The highest BCUT2D eigenvalue weighted by Crippen LogP contribution is 2.18. The first-order valence-electron chi connectivity index (χ1n) is 10.4. The summed E-state index contributed by atoms with van der Waals surface area (Å²) < 4.78 is 25.5. The number of halogens is 1. The van der Waals surface area contributed by atoms with E-state index in [1.54, 1.807) is 24.3 Å². The number of aromatic nitrogens is 1. The second-order valence-corrected chi connectivity index (χ2v) is 9.25. The molecule has 0 aliphatic carbocycles. The average molecular weight is 554 g/mol. The summed E-state index contributed by atoms with van der Waals surface area (Å²) in [6.45, 7) is 5.30. The summed E-state index contributed by atoms with van der Waals surface area (Å²) in [5.74, 6) is 0.674. The zero-order valence-electron chi connectivity index (χ0n) is 18.0. The van der Waals surface area contributed by atoms with Crippen molar-refractivity contribution in [2.24, 2.45) is 4.99 Å². The van der Waals surface area contributed by atoms with Crippen LogP contribution in [0, 0.1) is 0 Å². The Morgan fingerprint density at radius 3 is 2.48 bits per heavy atom. The molecule has 3 rings (SSSR count). The number of aliphatic imine (C=N–C) groups is 1. The van der Waals surface area contributed by atoms with E-state index in [1.807, 2.05) is 38.2 Å². The number of rotatable bonds is 9. The van der Waals surface area contributed by atoms with Crippen LogP contribution < -0.4 is 10.6 Å². The Morgan fingerprint density at radius 2 is 1.77 bits per heavy atom. The highest BCUT2D eigenvalue weighted by molar-refractivity contribution is 14.0. The third kappa shape index (κ3) is 6.96. The highest BCUT2D eigenvalue weighted by atomic mass is 127. The van der Waals surface area contributed by atoms with E-state index in [9.17, 15) is 8.42 Å². The summed E-state index contributed by atoms with van der Waals surface area (Å²) in [6.07, 6.45) is 3.51. The van der Waals surface area contributed by atoms with Crippen molar-refractivity contribution in [3.05, 3.63) is 66.4 Å². The maximum atomic E-state index is 12.7. The molecule has 0 radical (unpaired) electrons. The molecule has 0 saturated carbocycles. The smallest absolute Gasteiger partial charge is 0.191 e. The van der Waals surface area contributed by atoms with E-state index >= 15 is 0 Å². The fourth-order valence-electron chi connectivity index (χ4n) is 3.39. The van der Waals surface area contributed by atoms with Crippen LogP contribution in [0.15, 0.2) is 70.7 Å². The largest absolute Gasteiger partial charge is 0.361 e. The molecule has 8 heteroatoms. The van der Waals surface area contributed by atoms with Crippen LogP contribution in [0.3, 0.4) is 0 Å². The summed E-state index contributed by atoms with van der Waals surface area (Å²) in [7, 11) is -3.36. The van der Waals surface area contributed by atoms with E-state index in [4.69, 9.17) is 0 Å². The van der Waals surface area contributed by atoms with Crippen molar-refractivity contribution in [2.75, 3.05) is 18.8 Å². The van der Waals surface area contributed by atoms with Crippen LogP contribution in [0.4, 0.5) is 0 Å². The molecular weight excluding hydrogens is 523 g/mol. The van der Waals surface area contributed by atoms with Crippen molar-refractivity contribution in [1.29, 1.82) is 0 Å². The first kappa shape index (κ1) is 25.2. The van der Waals surface area contributed by atoms with Gasteiger partial charge < -0.3 is 15.6 Å². The van der Waals surface area contributed by atoms with Gasteiger partial charge in [-0.1, -0.05) is 43.3 Å². The summed E-state index contributed by atoms with van der Waals surface area (Å²) >= 11 is 0. The number of fused-ring (bicyclic) bond motifs is 1. The SMILES string of the molecule is CCNC(=NCCc1c[nH]c2ccccc12)NC(CC)CS(=O)(=O)c1ccccc1.I. The van der Waals surface area contributed by atoms with Gasteiger partial charge in [0.25, 0.3) is 0 Å². The molecular formula is C23H31IN4O2S. The zero-order valence-corrected chi connectivity index (χ0v) is 21.1. The van der Waals surface area contributed by atoms with E-state index < -0.39 is 9.84 Å². The lowest BCUT2D eigenvalue weighted by atomic mass is 10.1. The van der Waals surface area contributed by atoms with Gasteiger partial charge in [-0.3, -0.25) is 4.99 Å². The second kappa shape index (κ2) is 12.1. The first-order chi connectivity index (χ1) is 14.5. The van der Waals surface area contributed by atoms with E-state index in [1.165, 1.54) is 10.9 Å². The van der Waals surface area contributed by atoms with E-state index in [-0.39, 0.29) is 35.8 Å². The van der Waals surface area contributed by atoms with Crippen molar-refractivity contribution in [1.82, 2.24) is 15.6 Å². The molecule has 3 aromatic rings. The Morgan fingerprint density at radius 1 is 1.06 bits per heavy atom. The molecule has 1 heterocycles. The molecule has 0 spiro atoms. The topological polar surface area (TPSA) is 86.3 Å². The maximum absolute atomic E-state index is 12.7. The monoisotopic (exact) mass is 554 g/mol. The minimum atomic E-state index is -3.36. The summed E-state index contributed by atoms with van der Waals surface area (Å²) in [6, 6.07) is 16.6. The molecule has 0 amide bonds. The van der Waals surface area contributed by atoms with Gasteiger partial charge in [-0.15, -0.1) is 24.0 Å². The number of nitrogens with one attached hydrogen (secondary N) is 3. The number of nitrogens with zero attached hydrogens (tertiary/aromatic N) is 1. The molecule has 6 nitrogen and oxygen atoms in total. The maximum Gasteiger partial charge on any atom is 0.191 e. The molecule has 3 N–H and O–H groups in total. The quantitative estimate of drug-likeness (QED) is 0.211. The van der Waals surface area contributed by atoms with Crippen LogP contribution in [0.5, 0.6) is 0 Å². The predicted octanol–water partition coefficient (Wildman–Crippen LogP) is 4.14. The minimum Gasteiger partial charge on any atom is -0.361 e. The van der Waals surface area contributed by atoms with Gasteiger partial charge in [-0.2, -0.15) is 0 Å². The second-order valence-electron chi connectivity index (χ2n) is 7.21. The number of H-pyrrole nitrogens is 1. The lowest BCUT2D eigenvalue weighted by molar-refractivity contribution is 0.569. The summed E-state index contributed by atoms with van der Waals surface area (Å²) in [5, 5.41) is 7.74. The van der Waals surface area contributed by atoms with Crippen LogP contribution in [-0.4, -0.2) is 44.2 Å². The lowest BCUT2D eigenvalue weighted by Gasteiger charge is -2.20. The Kier molecular flexibility index (Phi) is 9.83. The van der Waals surface area contributed by atoms with Gasteiger partial charge in [-0.25, -0.2) is 8.42 Å². The van der Waals surface area contributed by atoms with Gasteiger partial charge in [0.2, 0.25) is 0 Å². The highest BCUT2D eigenvalue weighted by Gasteiger charge is 2.21. The molecule has 168 valence electrons. The standard InChI is InChI=1S/C23H30N4O2S.HI/c1-3-19(17-30(28,29)20-10-6-5-7-11-20)27-23(24-4-2)25-15-14-18-16-26-22-13-9-8-12-21(18)22;/h5-13,16,19,26H,3-4,14-15,17H2,1-2H3,(H2,24,25,27);1H. The van der Waals surface area contributed by atoms with Gasteiger partial charge in [0.15, 0.2) is 15.8 Å². The Labute approximate surface area is 201 Å². The lowest BCUT2D eigenvalue weighted by Crippen LogP contribution is -2.46. The van der Waals surface area contributed by atoms with E-state index in [2.05, 4.69) is 32.7 Å². The van der Waals surface area contributed by atoms with Crippen molar-refractivity contribution >= 4 is 50.7 Å². The first-order valence-corrected chi connectivity index (χ1v) is 12.1. The number of sulfone groups is 1. The van der Waals surface area contributed by atoms with Gasteiger partial charge in [0.05, 0.1) is 10.6 Å². The Balaban J connectivity index is 0.00000341. The zero-order chi connectivity index (χ0) is 21.4. The number of benzene rings is 2. The number of guanidine groups is 1. The normalized spacial score (nSPS) is 12.9. The molecule has 0 saturated heterocycles. The van der Waals surface area contributed by atoms with Crippen molar-refractivity contribution in [2.45, 2.75) is 37.6 Å². The number of aromatic amines is 1. The molecule has 31 heavy (non-hydrogen) atoms. The van der Waals surface area contributed by atoms with E-state index in [0.29, 0.717) is 30.4 Å².